The fourth-order valence-corrected chi connectivity index (χ4v) is 4.65. The number of benzene rings is 1. The fraction of sp³-hybridized carbons (Fsp3) is 0.462. The van der Waals surface area contributed by atoms with E-state index in [2.05, 4.69) is 0 Å². The Morgan fingerprint density at radius 3 is 2.62 bits per heavy atom. The van der Waals surface area contributed by atoms with E-state index >= 15 is 0 Å². The third kappa shape index (κ3) is 3.50. The normalized spacial score (nSPS) is 22.3. The van der Waals surface area contributed by atoms with Gasteiger partial charge in [0.25, 0.3) is 5.69 Å². The van der Waals surface area contributed by atoms with Crippen LogP contribution in [0.1, 0.15) is 13.3 Å². The number of nitro benzene ring substituents is 1. The third-order valence-electron chi connectivity index (χ3n) is 3.79. The lowest BCUT2D eigenvalue weighted by Crippen LogP contribution is -2.45. The Morgan fingerprint density at radius 1 is 1.46 bits per heavy atom. The minimum atomic E-state index is -4.37. The molecule has 8 nitrogen and oxygen atoms in total. The molecule has 0 bridgehead atoms. The molecule has 24 heavy (non-hydrogen) atoms. The van der Waals surface area contributed by atoms with Gasteiger partial charge in [-0.1, -0.05) is 18.5 Å². The van der Waals surface area contributed by atoms with Crippen molar-refractivity contribution in [1.29, 1.82) is 0 Å². The minimum Gasteiger partial charge on any atom is -0.481 e. The van der Waals surface area contributed by atoms with Gasteiger partial charge in [0.05, 0.1) is 16.9 Å². The van der Waals surface area contributed by atoms with Gasteiger partial charge < -0.3 is 5.11 Å². The maximum Gasteiger partial charge on any atom is 0.307 e. The van der Waals surface area contributed by atoms with Crippen molar-refractivity contribution in [3.8, 4) is 0 Å². The average Bonchev–Trinajstić information content (AvgIpc) is 2.48. The Morgan fingerprint density at radius 2 is 2.08 bits per heavy atom. The smallest absolute Gasteiger partial charge is 0.307 e. The van der Waals surface area contributed by atoms with Crippen LogP contribution in [-0.2, 0) is 14.8 Å². The summed E-state index contributed by atoms with van der Waals surface area (Å²) in [4.78, 5) is 20.2. The van der Waals surface area contributed by atoms with Crippen molar-refractivity contribution in [2.24, 2.45) is 11.8 Å². The molecular weight excluding hydrogens is 367 g/mol. The topological polar surface area (TPSA) is 118 Å². The maximum absolute atomic E-state index is 14.1. The molecule has 1 aromatic carbocycles. The number of hydrogen-bond donors (Lipinski definition) is 1. The fourth-order valence-electron chi connectivity index (χ4n) is 2.67. The highest BCUT2D eigenvalue weighted by molar-refractivity contribution is 7.89. The molecule has 0 spiro atoms. The second-order valence-corrected chi connectivity index (χ2v) is 8.00. The number of carboxylic acid groups (broad SMARTS) is 1. The molecule has 1 fully saturated rings. The zero-order valence-corrected chi connectivity index (χ0v) is 14.1. The summed E-state index contributed by atoms with van der Waals surface area (Å²) in [5.41, 5.74) is -0.747. The van der Waals surface area contributed by atoms with E-state index in [0.717, 1.165) is 4.31 Å². The average molecular weight is 381 g/mol. The monoisotopic (exact) mass is 380 g/mol. The van der Waals surface area contributed by atoms with Gasteiger partial charge in [0, 0.05) is 13.1 Å². The summed E-state index contributed by atoms with van der Waals surface area (Å²) in [6, 6.07) is 1.12. The van der Waals surface area contributed by atoms with E-state index in [1.807, 2.05) is 0 Å². The highest BCUT2D eigenvalue weighted by atomic mass is 35.5. The SMILES string of the molecule is CC1CC(C(=O)O)CN(S(=O)(=O)c2cc(Cl)c([N+](=O)[O-])cc2F)C1. The van der Waals surface area contributed by atoms with E-state index in [1.54, 1.807) is 6.92 Å². The second-order valence-electron chi connectivity index (χ2n) is 5.69. The van der Waals surface area contributed by atoms with Gasteiger partial charge in [-0.15, -0.1) is 0 Å². The van der Waals surface area contributed by atoms with Crippen molar-refractivity contribution in [3.05, 3.63) is 33.1 Å². The number of rotatable bonds is 4. The summed E-state index contributed by atoms with van der Waals surface area (Å²) in [6.45, 7) is 1.42. The molecule has 0 aromatic heterocycles. The molecule has 2 unspecified atom stereocenters. The first kappa shape index (κ1) is 18.6. The first-order chi connectivity index (χ1) is 11.0. The standard InChI is InChI=1S/C13H14ClFN2O6S/c1-7-2-8(13(18)19)6-16(5-7)24(22,23)12-3-9(14)11(17(20)21)4-10(12)15/h3-4,7-8H,2,5-6H2,1H3,(H,18,19). The molecular formula is C13H14ClFN2O6S. The first-order valence-corrected chi connectivity index (χ1v) is 8.72. The Labute approximate surface area is 142 Å². The van der Waals surface area contributed by atoms with E-state index in [0.29, 0.717) is 18.6 Å². The van der Waals surface area contributed by atoms with Crippen molar-refractivity contribution in [2.75, 3.05) is 13.1 Å². The van der Waals surface area contributed by atoms with Gasteiger partial charge >= 0.3 is 5.97 Å². The number of carboxylic acids is 1. The molecule has 0 radical (unpaired) electrons. The predicted octanol–water partition coefficient (Wildman–Crippen LogP) is 2.12. The van der Waals surface area contributed by atoms with Crippen LogP contribution in [0.15, 0.2) is 17.0 Å². The molecule has 0 saturated carbocycles. The quantitative estimate of drug-likeness (QED) is 0.631. The number of hydrogen-bond acceptors (Lipinski definition) is 5. The van der Waals surface area contributed by atoms with Crippen LogP contribution < -0.4 is 0 Å². The van der Waals surface area contributed by atoms with Crippen LogP contribution in [0.2, 0.25) is 5.02 Å². The van der Waals surface area contributed by atoms with Crippen molar-refractivity contribution in [1.82, 2.24) is 4.31 Å². The van der Waals surface area contributed by atoms with Crippen LogP contribution in [0.5, 0.6) is 0 Å². The molecule has 1 aromatic rings. The number of carbonyl (C=O) groups is 1. The number of aliphatic carboxylic acids is 1. The van der Waals surface area contributed by atoms with Gasteiger partial charge in [0.15, 0.2) is 0 Å². The minimum absolute atomic E-state index is 0.0279. The summed E-state index contributed by atoms with van der Waals surface area (Å²) in [5.74, 6) is -3.58. The van der Waals surface area contributed by atoms with E-state index in [9.17, 15) is 27.7 Å². The molecule has 0 amide bonds. The Hall–Kier alpha value is -1.78. The Balaban J connectivity index is 2.45. The molecule has 1 aliphatic heterocycles. The van der Waals surface area contributed by atoms with E-state index < -0.39 is 48.3 Å². The lowest BCUT2D eigenvalue weighted by molar-refractivity contribution is -0.384. The molecule has 2 rings (SSSR count). The predicted molar refractivity (Wildman–Crippen MR) is 81.7 cm³/mol. The zero-order valence-electron chi connectivity index (χ0n) is 12.5. The van der Waals surface area contributed by atoms with Crippen LogP contribution in [0.25, 0.3) is 0 Å². The highest BCUT2D eigenvalue weighted by Gasteiger charge is 2.38. The molecule has 1 aliphatic rings. The largest absolute Gasteiger partial charge is 0.481 e. The molecule has 11 heteroatoms. The second kappa shape index (κ2) is 6.61. The number of nitrogens with zero attached hydrogens (tertiary/aromatic N) is 2. The van der Waals surface area contributed by atoms with Gasteiger partial charge in [-0.25, -0.2) is 12.8 Å². The van der Waals surface area contributed by atoms with Gasteiger partial charge in [-0.2, -0.15) is 4.31 Å². The van der Waals surface area contributed by atoms with Gasteiger partial charge in [-0.05, 0) is 18.4 Å². The lowest BCUT2D eigenvalue weighted by atomic mass is 9.92. The van der Waals surface area contributed by atoms with Crippen LogP contribution >= 0.6 is 11.6 Å². The van der Waals surface area contributed by atoms with Crippen molar-refractivity contribution in [2.45, 2.75) is 18.2 Å². The summed E-state index contributed by atoms with van der Waals surface area (Å²) in [5, 5.41) is 19.3. The van der Waals surface area contributed by atoms with Crippen LogP contribution in [-0.4, -0.2) is 41.8 Å². The van der Waals surface area contributed by atoms with Crippen molar-refractivity contribution in [3.63, 3.8) is 0 Å². The molecule has 0 aliphatic carbocycles. The molecule has 132 valence electrons. The maximum atomic E-state index is 14.1. The zero-order chi connectivity index (χ0) is 18.2. The summed E-state index contributed by atoms with van der Waals surface area (Å²) >= 11 is 5.66. The van der Waals surface area contributed by atoms with Crippen LogP contribution in [0.4, 0.5) is 10.1 Å². The van der Waals surface area contributed by atoms with E-state index in [4.69, 9.17) is 16.7 Å². The molecule has 1 saturated heterocycles. The molecule has 1 heterocycles. The highest BCUT2D eigenvalue weighted by Crippen LogP contribution is 2.33. The number of piperidine rings is 1. The van der Waals surface area contributed by atoms with Crippen LogP contribution in [0, 0.1) is 27.8 Å². The lowest BCUT2D eigenvalue weighted by Gasteiger charge is -2.33. The van der Waals surface area contributed by atoms with Crippen molar-refractivity contribution < 1.29 is 27.6 Å². The summed E-state index contributed by atoms with van der Waals surface area (Å²) in [7, 11) is -4.37. The van der Waals surface area contributed by atoms with Gasteiger partial charge in [0.1, 0.15) is 15.7 Å². The van der Waals surface area contributed by atoms with Gasteiger partial charge in [0.2, 0.25) is 10.0 Å². The third-order valence-corrected chi connectivity index (χ3v) is 5.94. The Bertz CT molecular complexity index is 800. The number of nitro groups is 1. The first-order valence-electron chi connectivity index (χ1n) is 6.90. The number of halogens is 2. The Kier molecular flexibility index (Phi) is 5.11. The summed E-state index contributed by atoms with van der Waals surface area (Å²) < 4.78 is 40.2. The van der Waals surface area contributed by atoms with Crippen LogP contribution in [0.3, 0.4) is 0 Å². The van der Waals surface area contributed by atoms with E-state index in [1.165, 1.54) is 0 Å². The molecule has 2 atom stereocenters. The summed E-state index contributed by atoms with van der Waals surface area (Å²) in [6.07, 6.45) is 0.310. The number of sulfonamides is 1. The van der Waals surface area contributed by atoms with Crippen molar-refractivity contribution >= 4 is 33.3 Å². The van der Waals surface area contributed by atoms with E-state index in [-0.39, 0.29) is 19.0 Å². The van der Waals surface area contributed by atoms with Gasteiger partial charge in [-0.3, -0.25) is 14.9 Å². The molecule has 1 N–H and O–H groups in total.